The molecule has 18 heavy (non-hydrogen) atoms. The Bertz CT molecular complexity index is 233. The molecule has 1 aliphatic carbocycles. The molecule has 0 radical (unpaired) electrons. The number of hydrogen-bond donors (Lipinski definition) is 0. The van der Waals surface area contributed by atoms with E-state index in [0.717, 1.165) is 18.5 Å². The molecular weight excluding hydrogens is 290 g/mol. The van der Waals surface area contributed by atoms with Crippen molar-refractivity contribution in [1.29, 1.82) is 0 Å². The molecule has 0 spiro atoms. The minimum absolute atomic E-state index is 0.494. The lowest BCUT2D eigenvalue weighted by molar-refractivity contribution is 0.0654. The van der Waals surface area contributed by atoms with E-state index in [4.69, 9.17) is 4.74 Å². The molecule has 0 amide bonds. The van der Waals surface area contributed by atoms with E-state index in [1.807, 2.05) is 0 Å². The van der Waals surface area contributed by atoms with Crippen LogP contribution < -0.4 is 0 Å². The van der Waals surface area contributed by atoms with Crippen LogP contribution in [-0.4, -0.2) is 43.1 Å². The molecule has 0 aromatic heterocycles. The normalized spacial score (nSPS) is 28.5. The van der Waals surface area contributed by atoms with Crippen LogP contribution in [0.4, 0.5) is 0 Å². The van der Waals surface area contributed by atoms with E-state index in [1.54, 1.807) is 0 Å². The van der Waals surface area contributed by atoms with Crippen molar-refractivity contribution in [3.8, 4) is 0 Å². The second kappa shape index (κ2) is 7.25. The number of hydrogen-bond acceptors (Lipinski definition) is 2. The van der Waals surface area contributed by atoms with E-state index < -0.39 is 0 Å². The van der Waals surface area contributed by atoms with E-state index in [9.17, 15) is 0 Å². The first-order valence-corrected chi connectivity index (χ1v) is 8.72. The van der Waals surface area contributed by atoms with Crippen molar-refractivity contribution in [3.05, 3.63) is 0 Å². The van der Waals surface area contributed by atoms with Crippen LogP contribution in [0.5, 0.6) is 0 Å². The second-order valence-electron chi connectivity index (χ2n) is 6.38. The van der Waals surface area contributed by atoms with Crippen molar-refractivity contribution in [2.45, 2.75) is 57.5 Å². The quantitative estimate of drug-likeness (QED) is 0.564. The highest BCUT2D eigenvalue weighted by atomic mass is 79.9. The van der Waals surface area contributed by atoms with Gasteiger partial charge < -0.3 is 9.64 Å². The van der Waals surface area contributed by atoms with Gasteiger partial charge in [0.25, 0.3) is 0 Å². The maximum absolute atomic E-state index is 5.75. The Morgan fingerprint density at radius 1 is 1.17 bits per heavy atom. The molecule has 0 aromatic carbocycles. The average molecular weight is 318 g/mol. The number of rotatable bonds is 5. The van der Waals surface area contributed by atoms with Gasteiger partial charge in [0, 0.05) is 25.0 Å². The fourth-order valence-corrected chi connectivity index (χ4v) is 4.32. The predicted molar refractivity (Wildman–Crippen MR) is 80.4 cm³/mol. The number of ether oxygens (including phenoxy) is 1. The molecule has 2 fully saturated rings. The third-order valence-corrected chi connectivity index (χ3v) is 5.78. The number of alkyl halides is 1. The molecule has 3 heteroatoms. The number of likely N-dealkylation sites (N-methyl/N-ethyl adjacent to an activating group) is 1. The SMILES string of the molecule is CN(CC1CCCO1)CC1(CBr)CCCCCC1. The van der Waals surface area contributed by atoms with Crippen molar-refractivity contribution in [3.63, 3.8) is 0 Å². The molecule has 2 aliphatic rings. The van der Waals surface area contributed by atoms with Crippen LogP contribution >= 0.6 is 15.9 Å². The summed E-state index contributed by atoms with van der Waals surface area (Å²) in [6, 6.07) is 0. The third-order valence-electron chi connectivity index (χ3n) is 4.59. The fraction of sp³-hybridized carbons (Fsp3) is 1.00. The van der Waals surface area contributed by atoms with Crippen molar-refractivity contribution in [2.24, 2.45) is 5.41 Å². The Balaban J connectivity index is 1.83. The van der Waals surface area contributed by atoms with Crippen molar-refractivity contribution < 1.29 is 4.74 Å². The Morgan fingerprint density at radius 2 is 1.89 bits per heavy atom. The van der Waals surface area contributed by atoms with Gasteiger partial charge in [0.2, 0.25) is 0 Å². The van der Waals surface area contributed by atoms with Crippen LogP contribution in [0.3, 0.4) is 0 Å². The number of nitrogens with zero attached hydrogens (tertiary/aromatic N) is 1. The van der Waals surface area contributed by atoms with Crippen molar-refractivity contribution >= 4 is 15.9 Å². The van der Waals surface area contributed by atoms with Crippen LogP contribution in [0.2, 0.25) is 0 Å². The van der Waals surface area contributed by atoms with Gasteiger partial charge in [0.15, 0.2) is 0 Å². The van der Waals surface area contributed by atoms with E-state index >= 15 is 0 Å². The zero-order valence-electron chi connectivity index (χ0n) is 11.8. The van der Waals surface area contributed by atoms with Gasteiger partial charge in [-0.15, -0.1) is 0 Å². The minimum atomic E-state index is 0.494. The lowest BCUT2D eigenvalue weighted by Gasteiger charge is -2.36. The summed E-state index contributed by atoms with van der Waals surface area (Å²) in [5.74, 6) is 0. The van der Waals surface area contributed by atoms with Gasteiger partial charge in [-0.25, -0.2) is 0 Å². The van der Waals surface area contributed by atoms with E-state index in [-0.39, 0.29) is 0 Å². The lowest BCUT2D eigenvalue weighted by Crippen LogP contribution is -2.40. The summed E-state index contributed by atoms with van der Waals surface area (Å²) in [6.45, 7) is 3.33. The molecule has 1 aliphatic heterocycles. The van der Waals surface area contributed by atoms with Gasteiger partial charge in [-0.2, -0.15) is 0 Å². The molecule has 2 rings (SSSR count). The van der Waals surface area contributed by atoms with Crippen LogP contribution in [0, 0.1) is 5.41 Å². The van der Waals surface area contributed by atoms with Crippen LogP contribution in [-0.2, 0) is 4.74 Å². The minimum Gasteiger partial charge on any atom is -0.377 e. The molecule has 1 atom stereocenters. The second-order valence-corrected chi connectivity index (χ2v) is 6.94. The summed E-state index contributed by atoms with van der Waals surface area (Å²) in [4.78, 5) is 2.52. The summed E-state index contributed by atoms with van der Waals surface area (Å²) in [7, 11) is 2.27. The monoisotopic (exact) mass is 317 g/mol. The van der Waals surface area contributed by atoms with Gasteiger partial charge in [-0.3, -0.25) is 0 Å². The van der Waals surface area contributed by atoms with Gasteiger partial charge >= 0.3 is 0 Å². The highest BCUT2D eigenvalue weighted by Crippen LogP contribution is 2.37. The largest absolute Gasteiger partial charge is 0.377 e. The molecule has 1 heterocycles. The van der Waals surface area contributed by atoms with Crippen molar-refractivity contribution in [1.82, 2.24) is 4.90 Å². The molecule has 0 aromatic rings. The van der Waals surface area contributed by atoms with Crippen LogP contribution in [0.1, 0.15) is 51.4 Å². The maximum Gasteiger partial charge on any atom is 0.0702 e. The topological polar surface area (TPSA) is 12.5 Å². The molecule has 0 N–H and O–H groups in total. The summed E-state index contributed by atoms with van der Waals surface area (Å²) in [5.41, 5.74) is 0.518. The third kappa shape index (κ3) is 4.21. The Morgan fingerprint density at radius 3 is 2.44 bits per heavy atom. The molecule has 0 bridgehead atoms. The summed E-state index contributed by atoms with van der Waals surface area (Å²) < 4.78 is 5.75. The zero-order chi connectivity index (χ0) is 12.8. The molecule has 1 saturated heterocycles. The van der Waals surface area contributed by atoms with Crippen LogP contribution in [0.15, 0.2) is 0 Å². The van der Waals surface area contributed by atoms with E-state index in [0.29, 0.717) is 11.5 Å². The first-order valence-electron chi connectivity index (χ1n) is 7.60. The molecule has 2 nitrogen and oxygen atoms in total. The first-order chi connectivity index (χ1) is 8.74. The van der Waals surface area contributed by atoms with Gasteiger partial charge in [0.05, 0.1) is 6.10 Å². The molecule has 1 saturated carbocycles. The van der Waals surface area contributed by atoms with Crippen LogP contribution in [0.25, 0.3) is 0 Å². The Labute approximate surface area is 121 Å². The summed E-state index contributed by atoms with van der Waals surface area (Å²) in [6.07, 6.45) is 11.5. The maximum atomic E-state index is 5.75. The standard InChI is InChI=1S/C15H28BrNO/c1-17(11-14-7-6-10-18-14)13-15(12-16)8-4-2-3-5-9-15/h14H,2-13H2,1H3. The Kier molecular flexibility index (Phi) is 5.96. The fourth-order valence-electron chi connectivity index (χ4n) is 3.59. The molecule has 106 valence electrons. The van der Waals surface area contributed by atoms with Gasteiger partial charge in [-0.05, 0) is 38.1 Å². The smallest absolute Gasteiger partial charge is 0.0702 e. The summed E-state index contributed by atoms with van der Waals surface area (Å²) in [5, 5.41) is 1.16. The first kappa shape index (κ1) is 14.8. The Hall–Kier alpha value is 0.400. The molecule has 1 unspecified atom stereocenters. The highest BCUT2D eigenvalue weighted by Gasteiger charge is 2.31. The molecular formula is C15H28BrNO. The zero-order valence-corrected chi connectivity index (χ0v) is 13.4. The predicted octanol–water partition coefficient (Wildman–Crippen LogP) is 3.83. The van der Waals surface area contributed by atoms with Gasteiger partial charge in [0.1, 0.15) is 0 Å². The van der Waals surface area contributed by atoms with E-state index in [1.165, 1.54) is 57.9 Å². The highest BCUT2D eigenvalue weighted by molar-refractivity contribution is 9.09. The average Bonchev–Trinajstić information content (AvgIpc) is 2.74. The number of halogens is 1. The van der Waals surface area contributed by atoms with Gasteiger partial charge in [-0.1, -0.05) is 41.6 Å². The lowest BCUT2D eigenvalue weighted by atomic mass is 9.82. The van der Waals surface area contributed by atoms with Crippen molar-refractivity contribution in [2.75, 3.05) is 32.1 Å². The summed E-state index contributed by atoms with van der Waals surface area (Å²) >= 11 is 3.79. The van der Waals surface area contributed by atoms with E-state index in [2.05, 4.69) is 27.9 Å².